The lowest BCUT2D eigenvalue weighted by atomic mass is 10.1. The third-order valence-corrected chi connectivity index (χ3v) is 4.16. The number of hydrogen-bond acceptors (Lipinski definition) is 2. The average molecular weight is 367 g/mol. The van der Waals surface area contributed by atoms with Crippen molar-refractivity contribution in [3.63, 3.8) is 0 Å². The molecule has 0 aliphatic rings. The van der Waals surface area contributed by atoms with Gasteiger partial charge in [-0.15, -0.1) is 0 Å². The predicted molar refractivity (Wildman–Crippen MR) is 91.6 cm³/mol. The van der Waals surface area contributed by atoms with E-state index >= 15 is 0 Å². The standard InChI is InChI=1S/C16H16BrFN2S/c1-20(9-11-4-2-3-5-15(11)17)10-12-8-13(18)6-7-14(12)16(19)21/h2-8H,9-10H2,1H3,(H2,19,21). The first kappa shape index (κ1) is 16.1. The van der Waals surface area contributed by atoms with Crippen molar-refractivity contribution in [2.75, 3.05) is 7.05 Å². The highest BCUT2D eigenvalue weighted by atomic mass is 79.9. The van der Waals surface area contributed by atoms with E-state index in [4.69, 9.17) is 18.0 Å². The van der Waals surface area contributed by atoms with E-state index < -0.39 is 0 Å². The summed E-state index contributed by atoms with van der Waals surface area (Å²) in [5, 5.41) is 0. The first-order valence-corrected chi connectivity index (χ1v) is 7.67. The minimum absolute atomic E-state index is 0.278. The van der Waals surface area contributed by atoms with Crippen LogP contribution in [-0.2, 0) is 13.1 Å². The molecule has 5 heteroatoms. The maximum absolute atomic E-state index is 13.4. The Labute approximate surface area is 137 Å². The summed E-state index contributed by atoms with van der Waals surface area (Å²) in [6.45, 7) is 1.32. The molecule has 0 atom stereocenters. The molecule has 2 nitrogen and oxygen atoms in total. The molecule has 0 saturated heterocycles. The molecule has 0 aliphatic heterocycles. The van der Waals surface area contributed by atoms with E-state index in [0.29, 0.717) is 11.5 Å². The fraction of sp³-hybridized carbons (Fsp3) is 0.188. The molecule has 0 aromatic heterocycles. The molecule has 0 aliphatic carbocycles. The molecule has 2 aromatic carbocycles. The number of nitrogens with two attached hydrogens (primary N) is 1. The van der Waals surface area contributed by atoms with Crippen LogP contribution in [0.4, 0.5) is 4.39 Å². The van der Waals surface area contributed by atoms with Gasteiger partial charge in [0.1, 0.15) is 10.8 Å². The van der Waals surface area contributed by atoms with Crippen molar-refractivity contribution in [1.29, 1.82) is 0 Å². The van der Waals surface area contributed by atoms with Crippen molar-refractivity contribution in [2.24, 2.45) is 5.73 Å². The summed E-state index contributed by atoms with van der Waals surface area (Å²) in [5.74, 6) is -0.278. The van der Waals surface area contributed by atoms with Gasteiger partial charge in [-0.1, -0.05) is 46.3 Å². The van der Waals surface area contributed by atoms with Crippen LogP contribution >= 0.6 is 28.1 Å². The molecule has 0 unspecified atom stereocenters. The van der Waals surface area contributed by atoms with Gasteiger partial charge in [0.15, 0.2) is 0 Å². The summed E-state index contributed by atoms with van der Waals surface area (Å²) in [5.41, 5.74) is 8.40. The number of thiocarbonyl (C=S) groups is 1. The second-order valence-electron chi connectivity index (χ2n) is 4.93. The fourth-order valence-corrected chi connectivity index (χ4v) is 2.81. The number of nitrogens with zero attached hydrogens (tertiary/aromatic N) is 1. The first-order valence-electron chi connectivity index (χ1n) is 6.47. The first-order chi connectivity index (χ1) is 9.97. The van der Waals surface area contributed by atoms with E-state index in [1.54, 1.807) is 6.07 Å². The molecule has 0 radical (unpaired) electrons. The van der Waals surface area contributed by atoms with Crippen LogP contribution in [0.15, 0.2) is 46.9 Å². The topological polar surface area (TPSA) is 29.3 Å². The highest BCUT2D eigenvalue weighted by Crippen LogP contribution is 2.19. The zero-order valence-electron chi connectivity index (χ0n) is 11.6. The predicted octanol–water partition coefficient (Wildman–Crippen LogP) is 3.85. The van der Waals surface area contributed by atoms with Crippen molar-refractivity contribution in [1.82, 2.24) is 4.90 Å². The fourth-order valence-electron chi connectivity index (χ4n) is 2.20. The molecule has 2 rings (SSSR count). The van der Waals surface area contributed by atoms with Gasteiger partial charge in [-0.25, -0.2) is 4.39 Å². The zero-order chi connectivity index (χ0) is 15.4. The van der Waals surface area contributed by atoms with E-state index in [1.165, 1.54) is 17.7 Å². The van der Waals surface area contributed by atoms with E-state index in [0.717, 1.165) is 22.1 Å². The van der Waals surface area contributed by atoms with E-state index in [2.05, 4.69) is 26.9 Å². The zero-order valence-corrected chi connectivity index (χ0v) is 14.0. The third kappa shape index (κ3) is 4.33. The molecule has 2 N–H and O–H groups in total. The lowest BCUT2D eigenvalue weighted by Crippen LogP contribution is -2.21. The van der Waals surface area contributed by atoms with Gasteiger partial charge < -0.3 is 5.73 Å². The highest BCUT2D eigenvalue weighted by molar-refractivity contribution is 9.10. The molecule has 0 spiro atoms. The Balaban J connectivity index is 2.16. The summed E-state index contributed by atoms with van der Waals surface area (Å²) < 4.78 is 14.5. The Morgan fingerprint density at radius 1 is 1.19 bits per heavy atom. The molecule has 110 valence electrons. The van der Waals surface area contributed by atoms with Crippen molar-refractivity contribution in [2.45, 2.75) is 13.1 Å². The average Bonchev–Trinajstić information content (AvgIpc) is 2.41. The number of benzene rings is 2. The van der Waals surface area contributed by atoms with Gasteiger partial charge in [0.2, 0.25) is 0 Å². The number of halogens is 2. The molecule has 0 bridgehead atoms. The van der Waals surface area contributed by atoms with Crippen LogP contribution < -0.4 is 5.73 Å². The monoisotopic (exact) mass is 366 g/mol. The Bertz CT molecular complexity index is 660. The van der Waals surface area contributed by atoms with Crippen LogP contribution in [0.25, 0.3) is 0 Å². The van der Waals surface area contributed by atoms with Crippen molar-refractivity contribution < 1.29 is 4.39 Å². The summed E-state index contributed by atoms with van der Waals surface area (Å²) in [6.07, 6.45) is 0. The van der Waals surface area contributed by atoms with Gasteiger partial charge >= 0.3 is 0 Å². The van der Waals surface area contributed by atoms with Crippen LogP contribution in [0.2, 0.25) is 0 Å². The summed E-state index contributed by atoms with van der Waals surface area (Å²) >= 11 is 8.56. The normalized spacial score (nSPS) is 10.9. The highest BCUT2D eigenvalue weighted by Gasteiger charge is 2.10. The maximum Gasteiger partial charge on any atom is 0.123 e. The number of rotatable bonds is 5. The molecule has 0 saturated carbocycles. The largest absolute Gasteiger partial charge is 0.389 e. The molecule has 0 heterocycles. The second-order valence-corrected chi connectivity index (χ2v) is 6.22. The molecule has 2 aromatic rings. The molecular formula is C16H16BrFN2S. The van der Waals surface area contributed by atoms with Gasteiger partial charge in [0, 0.05) is 23.1 Å². The van der Waals surface area contributed by atoms with Crippen LogP contribution in [0, 0.1) is 5.82 Å². The van der Waals surface area contributed by atoms with Gasteiger partial charge in [0.25, 0.3) is 0 Å². The smallest absolute Gasteiger partial charge is 0.123 e. The van der Waals surface area contributed by atoms with Gasteiger partial charge in [-0.3, -0.25) is 4.90 Å². The second kappa shape index (κ2) is 7.11. The lowest BCUT2D eigenvalue weighted by Gasteiger charge is -2.19. The SMILES string of the molecule is CN(Cc1ccccc1Br)Cc1cc(F)ccc1C(N)=S. The van der Waals surface area contributed by atoms with Gasteiger partial charge in [-0.2, -0.15) is 0 Å². The minimum Gasteiger partial charge on any atom is -0.389 e. The minimum atomic E-state index is -0.278. The third-order valence-electron chi connectivity index (χ3n) is 3.17. The molecule has 0 amide bonds. The van der Waals surface area contributed by atoms with Crippen molar-refractivity contribution in [3.05, 3.63) is 69.4 Å². The Kier molecular flexibility index (Phi) is 5.45. The van der Waals surface area contributed by atoms with Crippen molar-refractivity contribution >= 4 is 33.1 Å². The Hall–Kier alpha value is -1.30. The summed E-state index contributed by atoms with van der Waals surface area (Å²) in [6, 6.07) is 12.5. The van der Waals surface area contributed by atoms with E-state index in [9.17, 15) is 4.39 Å². The Morgan fingerprint density at radius 3 is 2.52 bits per heavy atom. The van der Waals surface area contributed by atoms with Crippen LogP contribution in [0.1, 0.15) is 16.7 Å². The lowest BCUT2D eigenvalue weighted by molar-refractivity contribution is 0.318. The van der Waals surface area contributed by atoms with E-state index in [-0.39, 0.29) is 5.82 Å². The van der Waals surface area contributed by atoms with Gasteiger partial charge in [-0.05, 0) is 42.4 Å². The van der Waals surface area contributed by atoms with E-state index in [1.807, 2.05) is 25.2 Å². The van der Waals surface area contributed by atoms with Crippen LogP contribution in [-0.4, -0.2) is 16.9 Å². The van der Waals surface area contributed by atoms with Crippen LogP contribution in [0.3, 0.4) is 0 Å². The van der Waals surface area contributed by atoms with Crippen molar-refractivity contribution in [3.8, 4) is 0 Å². The molecule has 0 fully saturated rings. The Morgan fingerprint density at radius 2 is 1.86 bits per heavy atom. The maximum atomic E-state index is 13.4. The summed E-state index contributed by atoms with van der Waals surface area (Å²) in [7, 11) is 1.98. The van der Waals surface area contributed by atoms with Crippen LogP contribution in [0.5, 0.6) is 0 Å². The number of hydrogen-bond donors (Lipinski definition) is 1. The summed E-state index contributed by atoms with van der Waals surface area (Å²) in [4.78, 5) is 2.38. The quantitative estimate of drug-likeness (QED) is 0.814. The van der Waals surface area contributed by atoms with Gasteiger partial charge in [0.05, 0.1) is 0 Å². The molecular weight excluding hydrogens is 351 g/mol. The molecule has 21 heavy (non-hydrogen) atoms.